The highest BCUT2D eigenvalue weighted by molar-refractivity contribution is 5.87. The number of ether oxygens (including phenoxy) is 1. The summed E-state index contributed by atoms with van der Waals surface area (Å²) in [6.45, 7) is -17.0. The summed E-state index contributed by atoms with van der Waals surface area (Å²) in [5, 5.41) is 1.20. The predicted molar refractivity (Wildman–Crippen MR) is 82.3 cm³/mol. The molecule has 0 saturated heterocycles. The Balaban J connectivity index is -0.00000104. The first-order chi connectivity index (χ1) is 14.5. The lowest BCUT2D eigenvalue weighted by Crippen LogP contribution is -3.00. The Morgan fingerprint density at radius 2 is 1.24 bits per heavy atom. The van der Waals surface area contributed by atoms with Gasteiger partial charge >= 0.3 is 44.2 Å². The van der Waals surface area contributed by atoms with E-state index in [1.807, 2.05) is 0 Å². The Hall–Kier alpha value is -0.900. The lowest BCUT2D eigenvalue weighted by atomic mass is 10.00. The van der Waals surface area contributed by atoms with Crippen LogP contribution >= 0.6 is 0 Å². The first-order valence-electron chi connectivity index (χ1n) is 8.31. The molecule has 0 aliphatic heterocycles. The number of carbonyl (C=O) groups is 1. The van der Waals surface area contributed by atoms with Gasteiger partial charge in [-0.15, -0.1) is 4.90 Å². The third kappa shape index (κ3) is 11.7. The predicted octanol–water partition coefficient (Wildman–Crippen LogP) is 1.26. The zero-order valence-corrected chi connectivity index (χ0v) is 19.5. The highest BCUT2D eigenvalue weighted by atomic mass is 127. The van der Waals surface area contributed by atoms with Crippen LogP contribution in [-0.2, 0) is 9.53 Å². The molecule has 0 bridgehead atoms. The molecule has 0 heterocycles. The Bertz CT molecular complexity index is 575. The zero-order chi connectivity index (χ0) is 27.0. The second kappa shape index (κ2) is 14.6. The molecule has 0 aromatic heterocycles. The lowest BCUT2D eigenvalue weighted by molar-refractivity contribution is -0.870. The van der Waals surface area contributed by atoms with E-state index in [0.29, 0.717) is 0 Å². The van der Waals surface area contributed by atoms with Crippen molar-refractivity contribution in [1.82, 2.24) is 10.2 Å². The average Bonchev–Trinajstić information content (AvgIpc) is 2.53. The number of amides is 1. The van der Waals surface area contributed by atoms with Crippen LogP contribution in [0.3, 0.4) is 0 Å². The Morgan fingerprint density at radius 1 is 0.853 bits per heavy atom. The Labute approximate surface area is 201 Å². The van der Waals surface area contributed by atoms with Crippen molar-refractivity contribution in [3.8, 4) is 0 Å². The number of rotatable bonds is 11. The van der Waals surface area contributed by atoms with Crippen molar-refractivity contribution in [2.75, 3.05) is 34.2 Å². The van der Waals surface area contributed by atoms with Crippen molar-refractivity contribution in [1.29, 1.82) is 0 Å². The monoisotopic (exact) mass is 655 g/mol. The molecular formula is C14H20F14IN3O2. The van der Waals surface area contributed by atoms with Crippen molar-refractivity contribution in [3.63, 3.8) is 0 Å². The van der Waals surface area contributed by atoms with Crippen molar-refractivity contribution < 1.29 is 99.5 Å². The third-order valence-corrected chi connectivity index (χ3v) is 3.36. The topological polar surface area (TPSA) is 41.6 Å². The summed E-state index contributed by atoms with van der Waals surface area (Å²) < 4.78 is 175. The Kier molecular flexibility index (Phi) is 16.2. The minimum absolute atomic E-state index is 0. The molecule has 20 heteroatoms. The fourth-order valence-electron chi connectivity index (χ4n) is 1.90. The second-order valence-corrected chi connectivity index (χ2v) is 6.94. The minimum Gasteiger partial charge on any atom is -1.00 e. The molecule has 0 aliphatic rings. The summed E-state index contributed by atoms with van der Waals surface area (Å²) in [5.41, 5.74) is -6.32. The molecule has 34 heavy (non-hydrogen) atoms. The van der Waals surface area contributed by atoms with Gasteiger partial charge in [0.05, 0.1) is 27.7 Å². The van der Waals surface area contributed by atoms with Gasteiger partial charge in [0.25, 0.3) is 5.91 Å². The first-order valence-corrected chi connectivity index (χ1v) is 8.31. The molecule has 1 amide bonds. The molecule has 1 unspecified atom stereocenters. The first kappa shape index (κ1) is 37.6. The Morgan fingerprint density at radius 3 is 1.47 bits per heavy atom. The van der Waals surface area contributed by atoms with E-state index in [1.54, 1.807) is 21.1 Å². The van der Waals surface area contributed by atoms with Gasteiger partial charge < -0.3 is 33.8 Å². The fraction of sp³-hybridized carbons (Fsp3) is 0.929. The maximum atomic E-state index is 14.1. The maximum absolute atomic E-state index is 14.1. The maximum Gasteiger partial charge on any atom is 0.439 e. The molecule has 0 spiro atoms. The molecule has 0 fully saturated rings. The summed E-state index contributed by atoms with van der Waals surface area (Å²) in [5.74, 6) is -3.04. The SMILES string of the molecule is C[N+](C)(C)CCCNC(=O)C(F)(C(F)(F)F)C(F)(F)N(C(F)F)C(F)F.FC(F)OC(F)F.[I-]. The van der Waals surface area contributed by atoms with Crippen LogP contribution in [0.2, 0.25) is 0 Å². The highest BCUT2D eigenvalue weighted by Crippen LogP contribution is 2.49. The van der Waals surface area contributed by atoms with E-state index in [4.69, 9.17) is 0 Å². The number of hydrogen-bond donors (Lipinski definition) is 1. The van der Waals surface area contributed by atoms with E-state index in [9.17, 15) is 66.3 Å². The smallest absolute Gasteiger partial charge is 0.439 e. The largest absolute Gasteiger partial charge is 1.00 e. The van der Waals surface area contributed by atoms with Crippen LogP contribution in [0.5, 0.6) is 0 Å². The molecule has 0 rings (SSSR count). The van der Waals surface area contributed by atoms with Crippen LogP contribution in [-0.4, -0.2) is 93.7 Å². The van der Waals surface area contributed by atoms with Gasteiger partial charge in [0.1, 0.15) is 0 Å². The second-order valence-electron chi connectivity index (χ2n) is 6.94. The van der Waals surface area contributed by atoms with E-state index in [0.717, 1.165) is 0 Å². The van der Waals surface area contributed by atoms with Crippen molar-refractivity contribution in [2.24, 2.45) is 0 Å². The van der Waals surface area contributed by atoms with Crippen molar-refractivity contribution >= 4 is 5.91 Å². The van der Waals surface area contributed by atoms with Gasteiger partial charge in [-0.1, -0.05) is 0 Å². The number of nitrogens with one attached hydrogen (secondary N) is 1. The molecule has 0 radical (unpaired) electrons. The van der Waals surface area contributed by atoms with Gasteiger partial charge in [-0.05, 0) is 0 Å². The molecule has 1 N–H and O–H groups in total. The lowest BCUT2D eigenvalue weighted by Gasteiger charge is -2.38. The fourth-order valence-corrected chi connectivity index (χ4v) is 1.90. The van der Waals surface area contributed by atoms with Gasteiger partial charge in [-0.25, -0.2) is 4.39 Å². The van der Waals surface area contributed by atoms with Gasteiger partial charge in [0, 0.05) is 13.0 Å². The van der Waals surface area contributed by atoms with Crippen molar-refractivity contribution in [3.05, 3.63) is 0 Å². The molecule has 208 valence electrons. The molecule has 0 aliphatic carbocycles. The standard InChI is InChI=1S/C12H17F10N3O.C2H2F4O.HI/c1-25(2,3)6-4-5-23-7(26)10(17,11(18,19)20)12(21,22)24(8(13)14)9(15)16;3-1(4)7-2(5)6;/h8-9H,4-6H2,1-3H3;1-2H;1H. The van der Waals surface area contributed by atoms with E-state index < -0.39 is 61.6 Å². The molecule has 1 atom stereocenters. The number of quaternary nitrogens is 1. The number of alkyl halides is 14. The summed E-state index contributed by atoms with van der Waals surface area (Å²) in [6, 6.07) is -6.57. The van der Waals surface area contributed by atoms with Gasteiger partial charge in [0.15, 0.2) is 0 Å². The number of hydrogen-bond acceptors (Lipinski definition) is 3. The molecule has 0 saturated carbocycles. The zero-order valence-electron chi connectivity index (χ0n) is 17.3. The molecule has 0 aromatic rings. The summed E-state index contributed by atoms with van der Waals surface area (Å²) in [7, 11) is 4.94. The average molecular weight is 655 g/mol. The van der Waals surface area contributed by atoms with Crippen LogP contribution in [0.4, 0.5) is 61.5 Å². The summed E-state index contributed by atoms with van der Waals surface area (Å²) in [4.78, 5) is 8.82. The van der Waals surface area contributed by atoms with E-state index >= 15 is 0 Å². The number of halogens is 15. The van der Waals surface area contributed by atoms with Crippen LogP contribution < -0.4 is 29.3 Å². The molecule has 0 aromatic carbocycles. The van der Waals surface area contributed by atoms with Crippen molar-refractivity contribution in [2.45, 2.75) is 50.6 Å². The quantitative estimate of drug-likeness (QED) is 0.120. The minimum atomic E-state index is -6.75. The van der Waals surface area contributed by atoms with Crippen LogP contribution in [0.1, 0.15) is 6.42 Å². The normalized spacial score (nSPS) is 14.8. The van der Waals surface area contributed by atoms with E-state index in [2.05, 4.69) is 4.74 Å². The van der Waals surface area contributed by atoms with Gasteiger partial charge in [-0.2, -0.15) is 57.1 Å². The van der Waals surface area contributed by atoms with Crippen LogP contribution in [0.15, 0.2) is 0 Å². The van der Waals surface area contributed by atoms with Crippen LogP contribution in [0.25, 0.3) is 0 Å². The highest BCUT2D eigenvalue weighted by Gasteiger charge is 2.80. The van der Waals surface area contributed by atoms with Gasteiger partial charge in [-0.3, -0.25) is 9.53 Å². The summed E-state index contributed by atoms with van der Waals surface area (Å²) >= 11 is 0. The third-order valence-electron chi connectivity index (χ3n) is 3.36. The van der Waals surface area contributed by atoms with E-state index in [-0.39, 0.29) is 41.4 Å². The molecular weight excluding hydrogens is 635 g/mol. The number of nitrogens with zero attached hydrogens (tertiary/aromatic N) is 2. The summed E-state index contributed by atoms with van der Waals surface area (Å²) in [6.07, 6.45) is -6.83. The van der Waals surface area contributed by atoms with E-state index in [1.165, 1.54) is 5.32 Å². The number of carbonyl (C=O) groups excluding carboxylic acids is 1. The molecule has 5 nitrogen and oxygen atoms in total. The van der Waals surface area contributed by atoms with Gasteiger partial charge in [0.2, 0.25) is 0 Å². The van der Waals surface area contributed by atoms with Crippen LogP contribution in [0, 0.1) is 0 Å².